The Labute approximate surface area is 102 Å². The van der Waals surface area contributed by atoms with Gasteiger partial charge >= 0.3 is 6.18 Å². The fraction of sp³-hybridized carbons (Fsp3) is 0.545. The van der Waals surface area contributed by atoms with Crippen molar-refractivity contribution in [3.8, 4) is 0 Å². The van der Waals surface area contributed by atoms with E-state index in [0.29, 0.717) is 11.4 Å². The van der Waals surface area contributed by atoms with E-state index in [-0.39, 0.29) is 11.3 Å². The van der Waals surface area contributed by atoms with Crippen LogP contribution in [0.15, 0.2) is 6.07 Å². The van der Waals surface area contributed by atoms with E-state index in [4.69, 9.17) is 11.6 Å². The van der Waals surface area contributed by atoms with E-state index in [1.807, 2.05) is 0 Å². The number of carbonyl (C=O) groups excluding carboxylic acids is 1. The molecule has 96 valence electrons. The summed E-state index contributed by atoms with van der Waals surface area (Å²) in [6.07, 6.45) is -4.30. The van der Waals surface area contributed by atoms with Crippen molar-refractivity contribution in [2.24, 2.45) is 0 Å². The minimum atomic E-state index is -4.30. The average Bonchev–Trinajstić information content (AvgIpc) is 2.42. The van der Waals surface area contributed by atoms with Gasteiger partial charge in [0, 0.05) is 17.0 Å². The maximum Gasteiger partial charge on any atom is 0.406 e. The van der Waals surface area contributed by atoms with E-state index >= 15 is 0 Å². The number of Topliss-reactive ketones (excluding diaryl/α,β-unsaturated/α-hetero) is 1. The molecule has 0 amide bonds. The third kappa shape index (κ3) is 3.25. The summed E-state index contributed by atoms with van der Waals surface area (Å²) >= 11 is 5.65. The number of alkyl halides is 4. The molecule has 1 rings (SSSR count). The highest BCUT2D eigenvalue weighted by Gasteiger charge is 2.30. The normalized spacial score (nSPS) is 13.8. The van der Waals surface area contributed by atoms with Gasteiger partial charge in [-0.3, -0.25) is 4.79 Å². The lowest BCUT2D eigenvalue weighted by molar-refractivity contribution is -0.141. The molecule has 0 aliphatic heterocycles. The lowest BCUT2D eigenvalue weighted by Gasteiger charge is -2.12. The number of hydrogen-bond acceptors (Lipinski definition) is 1. The minimum absolute atomic E-state index is 0.259. The van der Waals surface area contributed by atoms with Crippen molar-refractivity contribution >= 4 is 17.4 Å². The van der Waals surface area contributed by atoms with E-state index in [0.717, 1.165) is 4.57 Å². The van der Waals surface area contributed by atoms with Crippen LogP contribution >= 0.6 is 11.6 Å². The van der Waals surface area contributed by atoms with Crippen LogP contribution in [-0.4, -0.2) is 21.9 Å². The first-order chi connectivity index (χ1) is 7.63. The maximum atomic E-state index is 12.3. The van der Waals surface area contributed by atoms with Gasteiger partial charge in [0.2, 0.25) is 0 Å². The fourth-order valence-electron chi connectivity index (χ4n) is 1.69. The van der Waals surface area contributed by atoms with Gasteiger partial charge in [-0.2, -0.15) is 13.2 Å². The first-order valence-electron chi connectivity index (χ1n) is 5.05. The molecule has 6 heteroatoms. The number of aromatic nitrogens is 1. The van der Waals surface area contributed by atoms with Gasteiger partial charge in [0.05, 0.1) is 5.38 Å². The molecule has 0 N–H and O–H groups in total. The zero-order valence-corrected chi connectivity index (χ0v) is 10.5. The molecule has 0 aliphatic carbocycles. The molecule has 0 fully saturated rings. The second-order valence-electron chi connectivity index (χ2n) is 3.97. The Morgan fingerprint density at radius 3 is 2.41 bits per heavy atom. The topological polar surface area (TPSA) is 22.0 Å². The van der Waals surface area contributed by atoms with Crippen LogP contribution in [0.25, 0.3) is 0 Å². The highest BCUT2D eigenvalue weighted by molar-refractivity contribution is 6.33. The van der Waals surface area contributed by atoms with Gasteiger partial charge in [0.25, 0.3) is 0 Å². The van der Waals surface area contributed by atoms with E-state index in [2.05, 4.69) is 0 Å². The summed E-state index contributed by atoms with van der Waals surface area (Å²) in [6, 6.07) is 1.45. The molecule has 0 saturated heterocycles. The van der Waals surface area contributed by atoms with E-state index in [1.165, 1.54) is 26.8 Å². The summed E-state index contributed by atoms with van der Waals surface area (Å²) in [4.78, 5) is 11.7. The Bertz CT molecular complexity index is 435. The smallest absolute Gasteiger partial charge is 0.339 e. The molecule has 0 aliphatic rings. The van der Waals surface area contributed by atoms with Crippen LogP contribution in [0, 0.1) is 13.8 Å². The lowest BCUT2D eigenvalue weighted by atomic mass is 10.1. The number of hydrogen-bond donors (Lipinski definition) is 0. The predicted octanol–water partition coefficient (Wildman–Crippen LogP) is 3.48. The Kier molecular flexibility index (Phi) is 3.91. The SMILES string of the molecule is Cc1cc(C(=O)C(C)Cl)c(C)n1CC(F)(F)F. The van der Waals surface area contributed by atoms with Crippen LogP contribution < -0.4 is 0 Å². The molecule has 1 aromatic rings. The van der Waals surface area contributed by atoms with E-state index in [9.17, 15) is 18.0 Å². The standard InChI is InChI=1S/C11H13ClF3NO/c1-6-4-9(10(17)7(2)12)8(3)16(6)5-11(13,14)15/h4,7H,5H2,1-3H3. The summed E-state index contributed by atoms with van der Waals surface area (Å²) in [5.74, 6) is -0.354. The second-order valence-corrected chi connectivity index (χ2v) is 4.62. The summed E-state index contributed by atoms with van der Waals surface area (Å²) < 4.78 is 38.1. The predicted molar refractivity (Wildman–Crippen MR) is 59.6 cm³/mol. The molecule has 0 saturated carbocycles. The van der Waals surface area contributed by atoms with Gasteiger partial charge in [-0.25, -0.2) is 0 Å². The number of halogens is 4. The minimum Gasteiger partial charge on any atom is -0.339 e. The summed E-state index contributed by atoms with van der Waals surface area (Å²) in [6.45, 7) is 3.44. The number of carbonyl (C=O) groups is 1. The van der Waals surface area contributed by atoms with Gasteiger partial charge < -0.3 is 4.57 Å². The van der Waals surface area contributed by atoms with Gasteiger partial charge in [0.1, 0.15) is 6.54 Å². The third-order valence-electron chi connectivity index (χ3n) is 2.54. The van der Waals surface area contributed by atoms with Crippen LogP contribution in [0.5, 0.6) is 0 Å². The van der Waals surface area contributed by atoms with Crippen LogP contribution in [0.3, 0.4) is 0 Å². The molecule has 0 radical (unpaired) electrons. The molecule has 0 bridgehead atoms. The zero-order chi connectivity index (χ0) is 13.4. The monoisotopic (exact) mass is 267 g/mol. The molecule has 2 nitrogen and oxygen atoms in total. The number of rotatable bonds is 3. The Hall–Kier alpha value is -0.970. The van der Waals surface area contributed by atoms with Crippen molar-refractivity contribution in [3.05, 3.63) is 23.0 Å². The molecular weight excluding hydrogens is 255 g/mol. The van der Waals surface area contributed by atoms with Crippen molar-refractivity contribution in [1.29, 1.82) is 0 Å². The molecule has 0 spiro atoms. The van der Waals surface area contributed by atoms with Gasteiger partial charge in [0.15, 0.2) is 5.78 Å². The average molecular weight is 268 g/mol. The lowest BCUT2D eigenvalue weighted by Crippen LogP contribution is -2.20. The van der Waals surface area contributed by atoms with E-state index in [1.54, 1.807) is 0 Å². The fourth-order valence-corrected chi connectivity index (χ4v) is 1.80. The first-order valence-corrected chi connectivity index (χ1v) is 5.49. The molecule has 0 aromatic carbocycles. The van der Waals surface area contributed by atoms with Crippen molar-refractivity contribution in [1.82, 2.24) is 4.57 Å². The van der Waals surface area contributed by atoms with Crippen LogP contribution in [0.1, 0.15) is 28.7 Å². The van der Waals surface area contributed by atoms with Crippen molar-refractivity contribution in [2.75, 3.05) is 0 Å². The molecule has 17 heavy (non-hydrogen) atoms. The van der Waals surface area contributed by atoms with Gasteiger partial charge in [-0.1, -0.05) is 0 Å². The largest absolute Gasteiger partial charge is 0.406 e. The maximum absolute atomic E-state index is 12.3. The Balaban J connectivity index is 3.15. The molecule has 1 heterocycles. The highest BCUT2D eigenvalue weighted by Crippen LogP contribution is 2.24. The van der Waals surface area contributed by atoms with Crippen molar-refractivity contribution in [3.63, 3.8) is 0 Å². The second kappa shape index (κ2) is 4.72. The van der Waals surface area contributed by atoms with E-state index < -0.39 is 18.1 Å². The third-order valence-corrected chi connectivity index (χ3v) is 2.74. The van der Waals surface area contributed by atoms with Gasteiger partial charge in [-0.05, 0) is 26.8 Å². The molecule has 1 atom stereocenters. The Morgan fingerprint density at radius 1 is 1.47 bits per heavy atom. The first kappa shape index (κ1) is 14.1. The summed E-state index contributed by atoms with van der Waals surface area (Å²) in [5, 5.41) is -0.741. The molecular formula is C11H13ClF3NO. The van der Waals surface area contributed by atoms with Crippen molar-refractivity contribution in [2.45, 2.75) is 38.9 Å². The van der Waals surface area contributed by atoms with Crippen LogP contribution in [0.2, 0.25) is 0 Å². The van der Waals surface area contributed by atoms with Crippen LogP contribution in [-0.2, 0) is 6.54 Å². The number of ketones is 1. The number of nitrogens with zero attached hydrogens (tertiary/aromatic N) is 1. The summed E-state index contributed by atoms with van der Waals surface area (Å²) in [7, 11) is 0. The quantitative estimate of drug-likeness (QED) is 0.607. The van der Waals surface area contributed by atoms with Crippen molar-refractivity contribution < 1.29 is 18.0 Å². The Morgan fingerprint density at radius 2 is 2.00 bits per heavy atom. The molecule has 1 unspecified atom stereocenters. The number of aryl methyl sites for hydroxylation is 1. The van der Waals surface area contributed by atoms with Crippen LogP contribution in [0.4, 0.5) is 13.2 Å². The molecule has 1 aromatic heterocycles. The van der Waals surface area contributed by atoms with Gasteiger partial charge in [-0.15, -0.1) is 11.6 Å². The summed E-state index contributed by atoms with van der Waals surface area (Å²) in [5.41, 5.74) is 0.965. The zero-order valence-electron chi connectivity index (χ0n) is 9.73. The highest BCUT2D eigenvalue weighted by atomic mass is 35.5.